The number of anilines is 1. The molecule has 100 valence electrons. The van der Waals surface area contributed by atoms with Gasteiger partial charge in [-0.2, -0.15) is 5.10 Å². The maximum absolute atomic E-state index is 11.8. The van der Waals surface area contributed by atoms with Crippen LogP contribution in [0.3, 0.4) is 0 Å². The molecule has 1 aliphatic rings. The second-order valence-corrected chi connectivity index (χ2v) is 5.43. The van der Waals surface area contributed by atoms with E-state index < -0.39 is 0 Å². The Kier molecular flexibility index (Phi) is 2.97. The maximum atomic E-state index is 11.8. The van der Waals surface area contributed by atoms with E-state index in [0.717, 1.165) is 17.2 Å². The Labute approximate surface area is 112 Å². The van der Waals surface area contributed by atoms with Crippen molar-refractivity contribution in [2.45, 2.75) is 39.0 Å². The molecule has 5 heteroatoms. The lowest BCUT2D eigenvalue weighted by molar-refractivity contribution is -0.118. The van der Waals surface area contributed by atoms with E-state index in [-0.39, 0.29) is 11.8 Å². The fourth-order valence-corrected chi connectivity index (χ4v) is 2.14. The third kappa shape index (κ3) is 2.20. The molecule has 1 aliphatic carbocycles. The summed E-state index contributed by atoms with van der Waals surface area (Å²) in [6, 6.07) is 3.75. The van der Waals surface area contributed by atoms with Crippen molar-refractivity contribution in [1.82, 2.24) is 14.6 Å². The molecule has 0 spiro atoms. The Hall–Kier alpha value is -1.91. The molecule has 0 aromatic carbocycles. The summed E-state index contributed by atoms with van der Waals surface area (Å²) in [6.07, 6.45) is 5.47. The molecule has 1 saturated carbocycles. The summed E-state index contributed by atoms with van der Waals surface area (Å²) in [5.41, 5.74) is 1.47. The first kappa shape index (κ1) is 12.1. The minimum absolute atomic E-state index is 0.00120. The number of pyridine rings is 1. The minimum Gasteiger partial charge on any atom is -0.323 e. The summed E-state index contributed by atoms with van der Waals surface area (Å²) >= 11 is 0. The number of fused-ring (bicyclic) bond motifs is 1. The van der Waals surface area contributed by atoms with Crippen LogP contribution < -0.4 is 5.32 Å². The van der Waals surface area contributed by atoms with Crippen LogP contribution in [0.4, 0.5) is 5.69 Å². The van der Waals surface area contributed by atoms with E-state index in [4.69, 9.17) is 0 Å². The predicted octanol–water partition coefficient (Wildman–Crippen LogP) is 2.59. The van der Waals surface area contributed by atoms with Crippen LogP contribution in [0.1, 0.15) is 44.9 Å². The highest BCUT2D eigenvalue weighted by Gasteiger charge is 2.24. The Morgan fingerprint density at radius 1 is 1.47 bits per heavy atom. The highest BCUT2D eigenvalue weighted by atomic mass is 16.1. The summed E-state index contributed by atoms with van der Waals surface area (Å²) in [5, 5.41) is 7.41. The largest absolute Gasteiger partial charge is 0.323 e. The predicted molar refractivity (Wildman–Crippen MR) is 73.0 cm³/mol. The highest BCUT2D eigenvalue weighted by molar-refractivity contribution is 5.95. The van der Waals surface area contributed by atoms with E-state index in [0.29, 0.717) is 5.92 Å². The van der Waals surface area contributed by atoms with Crippen LogP contribution in [-0.2, 0) is 4.79 Å². The van der Waals surface area contributed by atoms with Gasteiger partial charge in [0.1, 0.15) is 0 Å². The van der Waals surface area contributed by atoms with Crippen molar-refractivity contribution in [2.75, 3.05) is 5.32 Å². The zero-order chi connectivity index (χ0) is 13.4. The molecule has 3 rings (SSSR count). The molecule has 0 radical (unpaired) electrons. The third-order valence-corrected chi connectivity index (χ3v) is 3.63. The summed E-state index contributed by atoms with van der Waals surface area (Å²) in [6.45, 7) is 3.75. The van der Waals surface area contributed by atoms with E-state index in [2.05, 4.69) is 15.4 Å². The highest BCUT2D eigenvalue weighted by Crippen LogP contribution is 2.34. The van der Waals surface area contributed by atoms with Crippen LogP contribution >= 0.6 is 0 Å². The number of hydrogen-bond donors (Lipinski definition) is 1. The number of hydrogen-bond acceptors (Lipinski definition) is 3. The molecule has 0 bridgehead atoms. The Balaban J connectivity index is 1.95. The summed E-state index contributed by atoms with van der Waals surface area (Å²) < 4.78 is 1.75. The van der Waals surface area contributed by atoms with Gasteiger partial charge < -0.3 is 5.32 Å². The van der Waals surface area contributed by atoms with E-state index >= 15 is 0 Å². The Morgan fingerprint density at radius 3 is 2.89 bits per heavy atom. The average Bonchev–Trinajstić information content (AvgIpc) is 2.70. The summed E-state index contributed by atoms with van der Waals surface area (Å²) in [5.74, 6) is 1.35. The van der Waals surface area contributed by atoms with Gasteiger partial charge in [-0.05, 0) is 25.0 Å². The van der Waals surface area contributed by atoms with Crippen LogP contribution in [0.25, 0.3) is 5.65 Å². The first-order valence-electron chi connectivity index (χ1n) is 6.81. The molecule has 1 fully saturated rings. The van der Waals surface area contributed by atoms with Crippen LogP contribution in [-0.4, -0.2) is 20.5 Å². The van der Waals surface area contributed by atoms with Crippen molar-refractivity contribution in [3.05, 3.63) is 24.2 Å². The molecule has 0 atom stereocenters. The number of carbonyl (C=O) groups is 1. The SMILES string of the molecule is CC(C)C(=O)Nc1cccn2nc(C3CCC3)nc12. The molecule has 1 N–H and O–H groups in total. The Bertz CT molecular complexity index is 613. The lowest BCUT2D eigenvalue weighted by Crippen LogP contribution is -2.18. The normalized spacial score (nSPS) is 15.7. The lowest BCUT2D eigenvalue weighted by Gasteiger charge is -2.21. The van der Waals surface area contributed by atoms with Gasteiger partial charge in [-0.3, -0.25) is 4.79 Å². The molecule has 2 aromatic heterocycles. The molecule has 5 nitrogen and oxygen atoms in total. The van der Waals surface area contributed by atoms with Crippen molar-refractivity contribution in [1.29, 1.82) is 0 Å². The zero-order valence-electron chi connectivity index (χ0n) is 11.3. The molecule has 0 saturated heterocycles. The monoisotopic (exact) mass is 258 g/mol. The molecule has 0 aliphatic heterocycles. The molecule has 0 unspecified atom stereocenters. The first-order chi connectivity index (χ1) is 9.15. The number of nitrogens with one attached hydrogen (secondary N) is 1. The van der Waals surface area contributed by atoms with Crippen LogP contribution in [0.2, 0.25) is 0 Å². The first-order valence-corrected chi connectivity index (χ1v) is 6.81. The topological polar surface area (TPSA) is 59.3 Å². The molecule has 19 heavy (non-hydrogen) atoms. The van der Waals surface area contributed by atoms with Crippen molar-refractivity contribution in [3.8, 4) is 0 Å². The molecule has 2 heterocycles. The Morgan fingerprint density at radius 2 is 2.26 bits per heavy atom. The van der Waals surface area contributed by atoms with Gasteiger partial charge in [-0.15, -0.1) is 0 Å². The van der Waals surface area contributed by atoms with Gasteiger partial charge >= 0.3 is 0 Å². The van der Waals surface area contributed by atoms with E-state index in [1.54, 1.807) is 4.52 Å². The number of aromatic nitrogens is 3. The van der Waals surface area contributed by atoms with E-state index in [9.17, 15) is 4.79 Å². The zero-order valence-corrected chi connectivity index (χ0v) is 11.3. The standard InChI is InChI=1S/C14H18N4O/c1-9(2)14(19)15-11-7-4-8-18-13(11)16-12(17-18)10-5-3-6-10/h4,7-10H,3,5-6H2,1-2H3,(H,15,19). The molecule has 1 amide bonds. The van der Waals surface area contributed by atoms with E-state index in [1.807, 2.05) is 32.2 Å². The minimum atomic E-state index is -0.0470. The maximum Gasteiger partial charge on any atom is 0.227 e. The molecular formula is C14H18N4O. The smallest absolute Gasteiger partial charge is 0.227 e. The summed E-state index contributed by atoms with van der Waals surface area (Å²) in [4.78, 5) is 16.4. The quantitative estimate of drug-likeness (QED) is 0.920. The number of amides is 1. The van der Waals surface area contributed by atoms with Crippen LogP contribution in [0, 0.1) is 5.92 Å². The second-order valence-electron chi connectivity index (χ2n) is 5.43. The van der Waals surface area contributed by atoms with Crippen molar-refractivity contribution in [3.63, 3.8) is 0 Å². The third-order valence-electron chi connectivity index (χ3n) is 3.63. The lowest BCUT2D eigenvalue weighted by atomic mass is 9.85. The van der Waals surface area contributed by atoms with Crippen molar-refractivity contribution >= 4 is 17.2 Å². The summed E-state index contributed by atoms with van der Waals surface area (Å²) in [7, 11) is 0. The number of rotatable bonds is 3. The average molecular weight is 258 g/mol. The van der Waals surface area contributed by atoms with Crippen LogP contribution in [0.5, 0.6) is 0 Å². The van der Waals surface area contributed by atoms with Gasteiger partial charge in [0.15, 0.2) is 11.5 Å². The number of carbonyl (C=O) groups excluding carboxylic acids is 1. The van der Waals surface area contributed by atoms with Gasteiger partial charge in [0.25, 0.3) is 0 Å². The number of nitrogens with zero attached hydrogens (tertiary/aromatic N) is 3. The fraction of sp³-hybridized carbons (Fsp3) is 0.500. The second kappa shape index (κ2) is 4.64. The van der Waals surface area contributed by atoms with Gasteiger partial charge in [0, 0.05) is 18.0 Å². The van der Waals surface area contributed by atoms with Crippen molar-refractivity contribution < 1.29 is 4.79 Å². The fourth-order valence-electron chi connectivity index (χ4n) is 2.14. The van der Waals surface area contributed by atoms with Gasteiger partial charge in [0.2, 0.25) is 5.91 Å². The van der Waals surface area contributed by atoms with Crippen LogP contribution in [0.15, 0.2) is 18.3 Å². The molecule has 2 aromatic rings. The van der Waals surface area contributed by atoms with E-state index in [1.165, 1.54) is 19.3 Å². The van der Waals surface area contributed by atoms with Gasteiger partial charge in [0.05, 0.1) is 5.69 Å². The van der Waals surface area contributed by atoms with Gasteiger partial charge in [-0.1, -0.05) is 20.3 Å². The van der Waals surface area contributed by atoms with Gasteiger partial charge in [-0.25, -0.2) is 9.50 Å². The molecular weight excluding hydrogens is 240 g/mol. The van der Waals surface area contributed by atoms with Crippen molar-refractivity contribution in [2.24, 2.45) is 5.92 Å².